The number of thioether (sulfide) groups is 1. The highest BCUT2D eigenvalue weighted by atomic mass is 35.5. The van der Waals surface area contributed by atoms with Crippen LogP contribution in [0.3, 0.4) is 0 Å². The van der Waals surface area contributed by atoms with Gasteiger partial charge in [-0.25, -0.2) is 4.90 Å². The molecule has 4 heterocycles. The van der Waals surface area contributed by atoms with E-state index >= 15 is 0 Å². The summed E-state index contributed by atoms with van der Waals surface area (Å²) in [5.41, 5.74) is 0.826. The first kappa shape index (κ1) is 26.2. The molecule has 2 aliphatic heterocycles. The number of amides is 3. The van der Waals surface area contributed by atoms with Crippen LogP contribution in [0.15, 0.2) is 75.1 Å². The van der Waals surface area contributed by atoms with Crippen LogP contribution >= 0.6 is 57.9 Å². The third kappa shape index (κ3) is 4.60. The summed E-state index contributed by atoms with van der Waals surface area (Å²) in [7, 11) is 0. The van der Waals surface area contributed by atoms with Crippen molar-refractivity contribution in [3.05, 3.63) is 96.2 Å². The van der Waals surface area contributed by atoms with Gasteiger partial charge in [0, 0.05) is 10.7 Å². The number of rotatable bonds is 5. The largest absolute Gasteiger partial charge is 0.469 e. The van der Waals surface area contributed by atoms with Crippen LogP contribution in [0.25, 0.3) is 0 Å². The zero-order valence-corrected chi connectivity index (χ0v) is 23.5. The monoisotopic (exact) mass is 619 g/mol. The molecule has 3 amide bonds. The molecule has 198 valence electrons. The molecule has 1 saturated heterocycles. The number of benzene rings is 2. The van der Waals surface area contributed by atoms with Gasteiger partial charge in [0.1, 0.15) is 17.6 Å². The standard InChI is InChI=1S/C26H16Cl3N3O5S2/c27-12-3-6-14(7-4-12)32-23(34)20-19(17-2-1-9-37-17)22-25(38-21(20)24(32)35)31(26(36)39-22)11-18(33)30-13-5-8-15(28)16(29)10-13/h1-10,19-21H,11H2,(H,30,33)/t19-,20?,21?/m1/s1. The van der Waals surface area contributed by atoms with E-state index in [1.807, 2.05) is 0 Å². The fraction of sp³-hybridized carbons (Fsp3) is 0.154. The molecule has 8 nitrogen and oxygen atoms in total. The molecule has 3 atom stereocenters. The van der Waals surface area contributed by atoms with E-state index in [4.69, 9.17) is 39.2 Å². The van der Waals surface area contributed by atoms with Gasteiger partial charge in [0.05, 0.1) is 43.7 Å². The van der Waals surface area contributed by atoms with E-state index in [1.54, 1.807) is 48.5 Å². The average Bonchev–Trinajstić information content (AvgIpc) is 3.60. The van der Waals surface area contributed by atoms with Crippen molar-refractivity contribution in [2.24, 2.45) is 5.92 Å². The summed E-state index contributed by atoms with van der Waals surface area (Å²) in [4.78, 5) is 54.8. The van der Waals surface area contributed by atoms with E-state index in [2.05, 4.69) is 5.32 Å². The van der Waals surface area contributed by atoms with Gasteiger partial charge in [-0.3, -0.25) is 23.7 Å². The van der Waals surface area contributed by atoms with E-state index in [-0.39, 0.29) is 16.4 Å². The topological polar surface area (TPSA) is 102 Å². The van der Waals surface area contributed by atoms with Crippen molar-refractivity contribution in [3.8, 4) is 0 Å². The van der Waals surface area contributed by atoms with Crippen molar-refractivity contribution < 1.29 is 18.8 Å². The molecule has 0 bridgehead atoms. The summed E-state index contributed by atoms with van der Waals surface area (Å²) in [5, 5.41) is 3.44. The van der Waals surface area contributed by atoms with E-state index in [1.165, 1.54) is 16.9 Å². The van der Waals surface area contributed by atoms with Crippen LogP contribution in [0.2, 0.25) is 15.1 Å². The molecule has 0 saturated carbocycles. The predicted octanol–water partition coefficient (Wildman–Crippen LogP) is 5.90. The lowest BCUT2D eigenvalue weighted by molar-refractivity contribution is -0.122. The highest BCUT2D eigenvalue weighted by Gasteiger charge is 2.57. The first-order valence-electron chi connectivity index (χ1n) is 11.5. The number of fused-ring (bicyclic) bond motifs is 2. The van der Waals surface area contributed by atoms with E-state index in [0.717, 1.165) is 28.0 Å². The number of carbonyl (C=O) groups is 3. The fourth-order valence-electron chi connectivity index (χ4n) is 4.79. The van der Waals surface area contributed by atoms with Crippen LogP contribution in [0.5, 0.6) is 0 Å². The second-order valence-electron chi connectivity index (χ2n) is 8.85. The number of imide groups is 1. The first-order chi connectivity index (χ1) is 18.7. The Hall–Kier alpha value is -3.02. The van der Waals surface area contributed by atoms with Gasteiger partial charge in [0.2, 0.25) is 17.7 Å². The first-order valence-corrected chi connectivity index (χ1v) is 14.4. The number of furan rings is 1. The van der Waals surface area contributed by atoms with Crippen LogP contribution < -0.4 is 15.1 Å². The van der Waals surface area contributed by atoms with Crippen molar-refractivity contribution in [1.29, 1.82) is 0 Å². The highest BCUT2D eigenvalue weighted by molar-refractivity contribution is 8.00. The quantitative estimate of drug-likeness (QED) is 0.279. The van der Waals surface area contributed by atoms with Gasteiger partial charge in [0.15, 0.2) is 0 Å². The number of nitrogens with one attached hydrogen (secondary N) is 1. The molecule has 4 aromatic rings. The minimum Gasteiger partial charge on any atom is -0.469 e. The second kappa shape index (κ2) is 10.2. The Bertz CT molecular complexity index is 1680. The molecule has 0 radical (unpaired) electrons. The summed E-state index contributed by atoms with van der Waals surface area (Å²) in [6.07, 6.45) is 1.48. The Morgan fingerprint density at radius 1 is 0.974 bits per heavy atom. The molecule has 1 N–H and O–H groups in total. The van der Waals surface area contributed by atoms with Gasteiger partial charge >= 0.3 is 4.87 Å². The minimum absolute atomic E-state index is 0.275. The summed E-state index contributed by atoms with van der Waals surface area (Å²) < 4.78 is 7.02. The Kier molecular flexibility index (Phi) is 6.84. The Morgan fingerprint density at radius 3 is 2.44 bits per heavy atom. The maximum atomic E-state index is 13.7. The lowest BCUT2D eigenvalue weighted by atomic mass is 9.87. The number of nitrogens with zero attached hydrogens (tertiary/aromatic N) is 2. The maximum Gasteiger partial charge on any atom is 0.308 e. The van der Waals surface area contributed by atoms with Crippen molar-refractivity contribution >= 4 is 87.0 Å². The lowest BCUT2D eigenvalue weighted by Gasteiger charge is -2.29. The number of hydrogen-bond donors (Lipinski definition) is 1. The zero-order chi connectivity index (χ0) is 27.4. The molecule has 0 aliphatic carbocycles. The Balaban J connectivity index is 1.37. The number of halogens is 3. The summed E-state index contributed by atoms with van der Waals surface area (Å²) in [5.74, 6) is -2.29. The third-order valence-corrected chi connectivity index (χ3v) is 10.1. The lowest BCUT2D eigenvalue weighted by Crippen LogP contribution is -2.32. The number of carbonyl (C=O) groups excluding carboxylic acids is 3. The average molecular weight is 621 g/mol. The molecule has 2 unspecified atom stereocenters. The van der Waals surface area contributed by atoms with Crippen molar-refractivity contribution in [3.63, 3.8) is 0 Å². The SMILES string of the molecule is O=C(Cn1c2c(sc1=O)[C@H](c1ccco1)C1C(=O)N(c3ccc(Cl)cc3)C(=O)C1S2)Nc1ccc(Cl)c(Cl)c1. The van der Waals surface area contributed by atoms with Gasteiger partial charge in [-0.1, -0.05) is 57.9 Å². The number of anilines is 2. The Labute approximate surface area is 244 Å². The van der Waals surface area contributed by atoms with Gasteiger partial charge < -0.3 is 9.73 Å². The number of aromatic nitrogens is 1. The molecule has 6 rings (SSSR count). The molecule has 0 spiro atoms. The highest BCUT2D eigenvalue weighted by Crippen LogP contribution is 2.54. The Morgan fingerprint density at radius 2 is 1.74 bits per heavy atom. The van der Waals surface area contributed by atoms with Crippen LogP contribution in [0.4, 0.5) is 11.4 Å². The summed E-state index contributed by atoms with van der Waals surface area (Å²) >= 11 is 20.1. The van der Waals surface area contributed by atoms with Crippen LogP contribution in [-0.4, -0.2) is 27.5 Å². The van der Waals surface area contributed by atoms with Crippen LogP contribution in [0, 0.1) is 5.92 Å². The molecule has 39 heavy (non-hydrogen) atoms. The van der Waals surface area contributed by atoms with Crippen LogP contribution in [-0.2, 0) is 20.9 Å². The second-order valence-corrected chi connectivity index (χ2v) is 12.2. The third-order valence-electron chi connectivity index (χ3n) is 6.49. The van der Waals surface area contributed by atoms with Crippen molar-refractivity contribution in [2.75, 3.05) is 10.2 Å². The smallest absolute Gasteiger partial charge is 0.308 e. The number of hydrogen-bond acceptors (Lipinski definition) is 7. The molecule has 13 heteroatoms. The molecule has 2 aliphatic rings. The van der Waals surface area contributed by atoms with Gasteiger partial charge in [-0.2, -0.15) is 0 Å². The molecule has 2 aromatic carbocycles. The van der Waals surface area contributed by atoms with E-state index in [9.17, 15) is 19.2 Å². The van der Waals surface area contributed by atoms with Crippen molar-refractivity contribution in [2.45, 2.75) is 22.7 Å². The van der Waals surface area contributed by atoms with E-state index in [0.29, 0.717) is 37.1 Å². The minimum atomic E-state index is -0.825. The van der Waals surface area contributed by atoms with Crippen molar-refractivity contribution in [1.82, 2.24) is 4.57 Å². The normalized spacial score (nSPS) is 20.2. The summed E-state index contributed by atoms with van der Waals surface area (Å²) in [6, 6.07) is 14.5. The molecule has 2 aromatic heterocycles. The fourth-order valence-corrected chi connectivity index (χ4v) is 7.97. The number of thiazole rings is 1. The zero-order valence-electron chi connectivity index (χ0n) is 19.6. The van der Waals surface area contributed by atoms with Gasteiger partial charge in [0.25, 0.3) is 0 Å². The van der Waals surface area contributed by atoms with Gasteiger partial charge in [-0.05, 0) is 54.6 Å². The summed E-state index contributed by atoms with van der Waals surface area (Å²) in [6.45, 7) is -0.302. The van der Waals surface area contributed by atoms with Crippen LogP contribution in [0.1, 0.15) is 16.6 Å². The predicted molar refractivity (Wildman–Crippen MR) is 151 cm³/mol. The molecular formula is C26H16Cl3N3O5S2. The molecule has 1 fully saturated rings. The molecular weight excluding hydrogens is 605 g/mol. The maximum absolute atomic E-state index is 13.7. The van der Waals surface area contributed by atoms with E-state index < -0.39 is 34.8 Å². The van der Waals surface area contributed by atoms with Gasteiger partial charge in [-0.15, -0.1) is 0 Å².